The molecule has 0 aliphatic carbocycles. The number of aryl methyl sites for hydroxylation is 1. The van der Waals surface area contributed by atoms with E-state index < -0.39 is 32.7 Å². The first-order valence-electron chi connectivity index (χ1n) is 7.72. The van der Waals surface area contributed by atoms with E-state index in [0.717, 1.165) is 28.6 Å². The summed E-state index contributed by atoms with van der Waals surface area (Å²) >= 11 is 6.12. The van der Waals surface area contributed by atoms with Gasteiger partial charge in [-0.25, -0.2) is 26.3 Å². The van der Waals surface area contributed by atoms with Crippen molar-refractivity contribution in [2.45, 2.75) is 18.2 Å². The van der Waals surface area contributed by atoms with E-state index in [2.05, 4.69) is 5.10 Å². The van der Waals surface area contributed by atoms with Crippen LogP contribution in [0.25, 0.3) is 16.9 Å². The molecule has 2 aromatic carbocycles. The number of rotatable bonds is 4. The molecule has 0 aliphatic rings. The maximum atomic E-state index is 14.3. The number of benzene rings is 2. The Kier molecular flexibility index (Phi) is 5.05. The summed E-state index contributed by atoms with van der Waals surface area (Å²) in [5.74, 6) is -0.989. The van der Waals surface area contributed by atoms with Gasteiger partial charge in [-0.1, -0.05) is 23.7 Å². The molecule has 1 heterocycles. The van der Waals surface area contributed by atoms with E-state index >= 15 is 0 Å². The molecule has 0 radical (unpaired) electrons. The number of halogens is 4. The lowest BCUT2D eigenvalue weighted by Crippen LogP contribution is -2.05. The number of nitrogens with zero attached hydrogens (tertiary/aromatic N) is 2. The molecule has 4 nitrogen and oxygen atoms in total. The highest BCUT2D eigenvalue weighted by Gasteiger charge is 2.20. The highest BCUT2D eigenvalue weighted by atomic mass is 35.5. The molecule has 0 N–H and O–H groups in total. The molecule has 142 valence electrons. The Bertz CT molecular complexity index is 1130. The first-order chi connectivity index (χ1) is 12.6. The quantitative estimate of drug-likeness (QED) is 0.605. The van der Waals surface area contributed by atoms with E-state index in [9.17, 15) is 21.6 Å². The fraction of sp³-hybridized carbons (Fsp3) is 0.167. The smallest absolute Gasteiger partial charge is 0.233 e. The molecule has 0 saturated heterocycles. The predicted molar refractivity (Wildman–Crippen MR) is 96.8 cm³/mol. The van der Waals surface area contributed by atoms with Crippen LogP contribution < -0.4 is 0 Å². The zero-order valence-corrected chi connectivity index (χ0v) is 15.8. The van der Waals surface area contributed by atoms with Gasteiger partial charge in [-0.15, -0.1) is 0 Å². The summed E-state index contributed by atoms with van der Waals surface area (Å²) < 4.78 is 64.9. The first-order valence-corrected chi connectivity index (χ1v) is 9.99. The molecule has 0 spiro atoms. The molecule has 3 rings (SSSR count). The second-order valence-electron chi connectivity index (χ2n) is 6.02. The van der Waals surface area contributed by atoms with E-state index in [1.807, 2.05) is 0 Å². The third-order valence-electron chi connectivity index (χ3n) is 3.98. The largest absolute Gasteiger partial charge is 0.282 e. The van der Waals surface area contributed by atoms with Crippen LogP contribution in [-0.4, -0.2) is 24.5 Å². The SMILES string of the molecule is Cc1ccc(-c2cc(C(F)F)nn2-c2ccc(S(C)(=O)=O)c(F)c2)cc1Cl. The maximum Gasteiger partial charge on any atom is 0.282 e. The number of sulfone groups is 1. The Hall–Kier alpha value is -2.32. The third kappa shape index (κ3) is 3.86. The van der Waals surface area contributed by atoms with Crippen LogP contribution >= 0.6 is 11.6 Å². The van der Waals surface area contributed by atoms with E-state index in [1.54, 1.807) is 25.1 Å². The van der Waals surface area contributed by atoms with Crippen LogP contribution in [0.4, 0.5) is 13.2 Å². The van der Waals surface area contributed by atoms with Gasteiger partial charge in [0.1, 0.15) is 16.4 Å². The Morgan fingerprint density at radius 2 is 1.81 bits per heavy atom. The van der Waals surface area contributed by atoms with Gasteiger partial charge in [0.05, 0.1) is 11.4 Å². The summed E-state index contributed by atoms with van der Waals surface area (Å²) in [6.07, 6.45) is -1.95. The minimum absolute atomic E-state index is 0.110. The van der Waals surface area contributed by atoms with Gasteiger partial charge in [0, 0.05) is 22.9 Å². The lowest BCUT2D eigenvalue weighted by Gasteiger charge is -2.10. The molecular weight excluding hydrogens is 401 g/mol. The number of aromatic nitrogens is 2. The van der Waals surface area contributed by atoms with Gasteiger partial charge >= 0.3 is 0 Å². The Labute approximate surface area is 159 Å². The normalized spacial score (nSPS) is 12.0. The summed E-state index contributed by atoms with van der Waals surface area (Å²) in [4.78, 5) is -0.479. The van der Waals surface area contributed by atoms with Crippen molar-refractivity contribution in [2.75, 3.05) is 6.26 Å². The summed E-state index contributed by atoms with van der Waals surface area (Å²) in [5, 5.41) is 4.29. The van der Waals surface area contributed by atoms with Crippen LogP contribution in [0.15, 0.2) is 47.4 Å². The first kappa shape index (κ1) is 19.4. The van der Waals surface area contributed by atoms with Crippen molar-refractivity contribution in [2.24, 2.45) is 0 Å². The second kappa shape index (κ2) is 7.01. The predicted octanol–water partition coefficient (Wildman–Crippen LogP) is 4.98. The van der Waals surface area contributed by atoms with Crippen LogP contribution in [0.5, 0.6) is 0 Å². The van der Waals surface area contributed by atoms with Gasteiger partial charge in [-0.05, 0) is 36.8 Å². The van der Waals surface area contributed by atoms with Crippen molar-refractivity contribution in [3.05, 3.63) is 64.6 Å². The minimum atomic E-state index is -3.76. The van der Waals surface area contributed by atoms with E-state index in [1.165, 1.54) is 12.1 Å². The van der Waals surface area contributed by atoms with E-state index in [4.69, 9.17) is 11.6 Å². The standard InChI is InChI=1S/C18H14ClF3N2O2S/c1-10-3-4-11(7-13(10)19)16-9-15(18(21)22)23-24(16)12-5-6-17(14(20)8-12)27(2,25)26/h3-9,18H,1-2H3. The molecule has 9 heteroatoms. The fourth-order valence-corrected chi connectivity index (χ4v) is 3.49. The van der Waals surface area contributed by atoms with E-state index in [0.29, 0.717) is 10.6 Å². The topological polar surface area (TPSA) is 52.0 Å². The molecule has 0 atom stereocenters. The van der Waals surface area contributed by atoms with Gasteiger partial charge in [-0.2, -0.15) is 5.10 Å². The summed E-state index contributed by atoms with van der Waals surface area (Å²) in [6.45, 7) is 1.80. The lowest BCUT2D eigenvalue weighted by molar-refractivity contribution is 0.145. The number of hydrogen-bond acceptors (Lipinski definition) is 3. The monoisotopic (exact) mass is 414 g/mol. The van der Waals surface area contributed by atoms with Crippen LogP contribution in [-0.2, 0) is 9.84 Å². The lowest BCUT2D eigenvalue weighted by atomic mass is 10.1. The number of alkyl halides is 2. The Morgan fingerprint density at radius 3 is 2.37 bits per heavy atom. The third-order valence-corrected chi connectivity index (χ3v) is 5.52. The van der Waals surface area contributed by atoms with Crippen molar-refractivity contribution in [3.8, 4) is 16.9 Å². The van der Waals surface area contributed by atoms with Crippen LogP contribution in [0.1, 0.15) is 17.7 Å². The average molecular weight is 415 g/mol. The van der Waals surface area contributed by atoms with E-state index in [-0.39, 0.29) is 11.4 Å². The molecule has 0 fully saturated rings. The molecular formula is C18H14ClF3N2O2S. The Balaban J connectivity index is 2.20. The van der Waals surface area contributed by atoms with Crippen molar-refractivity contribution >= 4 is 21.4 Å². The molecule has 0 aliphatic heterocycles. The molecule has 0 amide bonds. The molecule has 0 saturated carbocycles. The molecule has 0 unspecified atom stereocenters. The van der Waals surface area contributed by atoms with Crippen LogP contribution in [0.2, 0.25) is 5.02 Å². The maximum absolute atomic E-state index is 14.3. The van der Waals surface area contributed by atoms with Crippen molar-refractivity contribution < 1.29 is 21.6 Å². The summed E-state index contributed by atoms with van der Waals surface area (Å²) in [5.41, 5.74) is 1.22. The molecule has 3 aromatic rings. The minimum Gasteiger partial charge on any atom is -0.233 e. The van der Waals surface area contributed by atoms with Crippen LogP contribution in [0, 0.1) is 12.7 Å². The van der Waals surface area contributed by atoms with Gasteiger partial charge in [0.2, 0.25) is 0 Å². The molecule has 1 aromatic heterocycles. The molecule has 0 bridgehead atoms. The zero-order chi connectivity index (χ0) is 19.9. The highest BCUT2D eigenvalue weighted by Crippen LogP contribution is 2.31. The molecule has 27 heavy (non-hydrogen) atoms. The van der Waals surface area contributed by atoms with Crippen LogP contribution in [0.3, 0.4) is 0 Å². The van der Waals surface area contributed by atoms with Gasteiger partial charge in [0.25, 0.3) is 6.43 Å². The number of hydrogen-bond donors (Lipinski definition) is 0. The van der Waals surface area contributed by atoms with Crippen molar-refractivity contribution in [1.29, 1.82) is 0 Å². The van der Waals surface area contributed by atoms with Crippen molar-refractivity contribution in [3.63, 3.8) is 0 Å². The van der Waals surface area contributed by atoms with Gasteiger partial charge < -0.3 is 0 Å². The summed E-state index contributed by atoms with van der Waals surface area (Å²) in [7, 11) is -3.76. The van der Waals surface area contributed by atoms with Gasteiger partial charge in [0.15, 0.2) is 9.84 Å². The zero-order valence-electron chi connectivity index (χ0n) is 14.2. The second-order valence-corrected chi connectivity index (χ2v) is 8.41. The average Bonchev–Trinajstić information content (AvgIpc) is 3.01. The fourth-order valence-electron chi connectivity index (χ4n) is 2.58. The van der Waals surface area contributed by atoms with Gasteiger partial charge in [-0.3, -0.25) is 0 Å². The highest BCUT2D eigenvalue weighted by molar-refractivity contribution is 7.90. The summed E-state index contributed by atoms with van der Waals surface area (Å²) in [6, 6.07) is 9.53. The Morgan fingerprint density at radius 1 is 1.11 bits per heavy atom. The van der Waals surface area contributed by atoms with Crippen molar-refractivity contribution in [1.82, 2.24) is 9.78 Å².